The Morgan fingerprint density at radius 2 is 1.91 bits per heavy atom. The second kappa shape index (κ2) is 9.22. The van der Waals surface area contributed by atoms with E-state index in [4.69, 9.17) is 0 Å². The summed E-state index contributed by atoms with van der Waals surface area (Å²) in [5.41, 5.74) is 5.44. The van der Waals surface area contributed by atoms with Crippen LogP contribution in [0.25, 0.3) is 17.8 Å². The van der Waals surface area contributed by atoms with Crippen LogP contribution in [-0.4, -0.2) is 29.8 Å². The van der Waals surface area contributed by atoms with E-state index in [9.17, 15) is 4.79 Å². The van der Waals surface area contributed by atoms with Crippen molar-refractivity contribution in [1.82, 2.24) is 23.9 Å². The highest BCUT2D eigenvalue weighted by Crippen LogP contribution is 2.19. The molecule has 164 valence electrons. The smallest absolute Gasteiger partial charge is 0.274 e. The second-order valence-electron chi connectivity index (χ2n) is 7.51. The molecule has 5 aromatic rings. The molecule has 0 bridgehead atoms. The Labute approximate surface area is 195 Å². The highest BCUT2D eigenvalue weighted by Gasteiger charge is 2.13. The minimum atomic E-state index is -0.189. The lowest BCUT2D eigenvalue weighted by atomic mass is 10.2. The number of pyridine rings is 2. The van der Waals surface area contributed by atoms with Gasteiger partial charge in [-0.15, -0.1) is 11.3 Å². The molecule has 33 heavy (non-hydrogen) atoms. The van der Waals surface area contributed by atoms with Gasteiger partial charge in [0.1, 0.15) is 11.3 Å². The van der Waals surface area contributed by atoms with Gasteiger partial charge < -0.3 is 8.97 Å². The lowest BCUT2D eigenvalue weighted by molar-refractivity contribution is 0.101. The maximum atomic E-state index is 12.8. The van der Waals surface area contributed by atoms with Gasteiger partial charge in [0, 0.05) is 42.4 Å². The third kappa shape index (κ3) is 4.61. The monoisotopic (exact) mass is 454 g/mol. The van der Waals surface area contributed by atoms with Crippen molar-refractivity contribution in [2.45, 2.75) is 19.9 Å². The van der Waals surface area contributed by atoms with Crippen LogP contribution in [0.1, 0.15) is 40.1 Å². The predicted molar refractivity (Wildman–Crippen MR) is 131 cm³/mol. The van der Waals surface area contributed by atoms with E-state index in [1.165, 1.54) is 17.0 Å². The van der Waals surface area contributed by atoms with Gasteiger partial charge in [0.25, 0.3) is 5.91 Å². The van der Waals surface area contributed by atoms with Crippen LogP contribution in [0.15, 0.2) is 72.6 Å². The van der Waals surface area contributed by atoms with Crippen molar-refractivity contribution in [2.75, 3.05) is 5.32 Å². The molecule has 5 rings (SSSR count). The molecular weight excluding hydrogens is 432 g/mol. The zero-order valence-electron chi connectivity index (χ0n) is 18.0. The van der Waals surface area contributed by atoms with Crippen LogP contribution in [0.4, 0.5) is 5.13 Å². The fourth-order valence-corrected chi connectivity index (χ4v) is 4.32. The summed E-state index contributed by atoms with van der Waals surface area (Å²) in [6, 6.07) is 13.7. The molecule has 0 saturated heterocycles. The molecule has 0 saturated carbocycles. The first-order valence-corrected chi connectivity index (χ1v) is 11.5. The Morgan fingerprint density at radius 1 is 1.06 bits per heavy atom. The average molecular weight is 455 g/mol. The van der Waals surface area contributed by atoms with Crippen molar-refractivity contribution in [3.63, 3.8) is 0 Å². The molecule has 5 heterocycles. The number of amides is 1. The van der Waals surface area contributed by atoms with Gasteiger partial charge in [0.05, 0.1) is 11.4 Å². The van der Waals surface area contributed by atoms with Crippen LogP contribution < -0.4 is 5.32 Å². The molecule has 0 aliphatic heterocycles. The molecule has 0 aliphatic rings. The number of hydrogen-bond donors (Lipinski definition) is 1. The Morgan fingerprint density at radius 3 is 2.76 bits per heavy atom. The van der Waals surface area contributed by atoms with Crippen molar-refractivity contribution < 1.29 is 4.79 Å². The summed E-state index contributed by atoms with van der Waals surface area (Å²) in [5, 5.41) is 5.37. The molecule has 1 amide bonds. The summed E-state index contributed by atoms with van der Waals surface area (Å²) in [7, 11) is 0. The molecule has 0 aromatic carbocycles. The number of anilines is 1. The molecular formula is C25H22N6OS. The van der Waals surface area contributed by atoms with Gasteiger partial charge >= 0.3 is 0 Å². The van der Waals surface area contributed by atoms with E-state index in [1.807, 2.05) is 64.8 Å². The largest absolute Gasteiger partial charge is 0.339 e. The number of rotatable bonds is 7. The number of hydrogen-bond acceptors (Lipinski definition) is 5. The number of fused-ring (bicyclic) bond motifs is 1. The molecule has 0 radical (unpaired) electrons. The number of aromatic nitrogens is 5. The normalized spacial score (nSPS) is 11.4. The number of nitrogens with one attached hydrogen (secondary N) is 1. The van der Waals surface area contributed by atoms with E-state index in [2.05, 4.69) is 37.7 Å². The van der Waals surface area contributed by atoms with Crippen molar-refractivity contribution >= 4 is 40.2 Å². The number of imidazole rings is 1. The zero-order chi connectivity index (χ0) is 22.6. The SMILES string of the molecule is CCc1cccc2nc(C=Cc3csc(NC(=O)c4cccn4Cc4ccncc4)n3)cn12. The van der Waals surface area contributed by atoms with Crippen LogP contribution in [-0.2, 0) is 13.0 Å². The highest BCUT2D eigenvalue weighted by atomic mass is 32.1. The fourth-order valence-electron chi connectivity index (χ4n) is 3.65. The van der Waals surface area contributed by atoms with Gasteiger partial charge in [-0.1, -0.05) is 13.0 Å². The summed E-state index contributed by atoms with van der Waals surface area (Å²) in [6.07, 6.45) is 12.2. The maximum Gasteiger partial charge on any atom is 0.274 e. The quantitative estimate of drug-likeness (QED) is 0.375. The van der Waals surface area contributed by atoms with Gasteiger partial charge in [-0.05, 0) is 60.5 Å². The Hall–Kier alpha value is -4.04. The molecule has 7 nitrogen and oxygen atoms in total. The van der Waals surface area contributed by atoms with E-state index in [1.54, 1.807) is 18.5 Å². The van der Waals surface area contributed by atoms with Gasteiger partial charge in [0.15, 0.2) is 5.13 Å². The number of thiazole rings is 1. The average Bonchev–Trinajstić information content (AvgIpc) is 3.57. The molecule has 0 unspecified atom stereocenters. The summed E-state index contributed by atoms with van der Waals surface area (Å²) in [4.78, 5) is 26.0. The summed E-state index contributed by atoms with van der Waals surface area (Å²) >= 11 is 1.39. The third-order valence-corrected chi connectivity index (χ3v) is 6.07. The van der Waals surface area contributed by atoms with Crippen molar-refractivity contribution in [3.8, 4) is 0 Å². The van der Waals surface area contributed by atoms with Crippen molar-refractivity contribution in [1.29, 1.82) is 0 Å². The van der Waals surface area contributed by atoms with Crippen LogP contribution in [0, 0.1) is 0 Å². The third-order valence-electron chi connectivity index (χ3n) is 5.29. The van der Waals surface area contributed by atoms with E-state index in [0.717, 1.165) is 29.0 Å². The van der Waals surface area contributed by atoms with Crippen LogP contribution in [0.5, 0.6) is 0 Å². The minimum Gasteiger partial charge on any atom is -0.339 e. The Kier molecular flexibility index (Phi) is 5.82. The topological polar surface area (TPSA) is 77.1 Å². The first kappa shape index (κ1) is 20.8. The minimum absolute atomic E-state index is 0.189. The van der Waals surface area contributed by atoms with Crippen LogP contribution in [0.2, 0.25) is 0 Å². The van der Waals surface area contributed by atoms with E-state index >= 15 is 0 Å². The predicted octanol–water partition coefficient (Wildman–Crippen LogP) is 5.02. The van der Waals surface area contributed by atoms with Crippen LogP contribution >= 0.6 is 11.3 Å². The summed E-state index contributed by atoms with van der Waals surface area (Å²) < 4.78 is 4.01. The first-order chi connectivity index (χ1) is 16.2. The molecule has 8 heteroatoms. The van der Waals surface area contributed by atoms with Gasteiger partial charge in [-0.3, -0.25) is 15.1 Å². The zero-order valence-corrected chi connectivity index (χ0v) is 18.9. The molecule has 5 aromatic heterocycles. The summed E-state index contributed by atoms with van der Waals surface area (Å²) in [6.45, 7) is 2.73. The molecule has 1 N–H and O–H groups in total. The lowest BCUT2D eigenvalue weighted by Crippen LogP contribution is -2.17. The van der Waals surface area contributed by atoms with Gasteiger partial charge in [-0.2, -0.15) is 0 Å². The highest BCUT2D eigenvalue weighted by molar-refractivity contribution is 7.14. The molecule has 0 atom stereocenters. The number of aryl methyl sites for hydroxylation is 1. The lowest BCUT2D eigenvalue weighted by Gasteiger charge is -2.08. The number of nitrogens with zero attached hydrogens (tertiary/aromatic N) is 5. The molecule has 0 spiro atoms. The Bertz CT molecular complexity index is 1430. The Balaban J connectivity index is 1.27. The van der Waals surface area contributed by atoms with Crippen molar-refractivity contribution in [2.24, 2.45) is 0 Å². The van der Waals surface area contributed by atoms with Crippen LogP contribution in [0.3, 0.4) is 0 Å². The molecule has 0 aliphatic carbocycles. The van der Waals surface area contributed by atoms with Gasteiger partial charge in [-0.25, -0.2) is 9.97 Å². The standard InChI is InChI=1S/C25H22N6OS/c1-2-21-5-3-7-23-27-19(16-31(21)23)8-9-20-17-33-25(28-20)29-24(32)22-6-4-14-30(22)15-18-10-12-26-13-11-18/h3-14,16-17H,2,15H2,1H3,(H,28,29,32). The van der Waals surface area contributed by atoms with E-state index in [0.29, 0.717) is 17.4 Å². The molecule has 0 fully saturated rings. The number of carbonyl (C=O) groups is 1. The van der Waals surface area contributed by atoms with Gasteiger partial charge in [0.2, 0.25) is 0 Å². The summed E-state index contributed by atoms with van der Waals surface area (Å²) in [5.74, 6) is -0.189. The van der Waals surface area contributed by atoms with E-state index < -0.39 is 0 Å². The van der Waals surface area contributed by atoms with E-state index in [-0.39, 0.29) is 5.91 Å². The fraction of sp³-hybridized carbons (Fsp3) is 0.120. The number of carbonyl (C=O) groups excluding carboxylic acids is 1. The van der Waals surface area contributed by atoms with Crippen molar-refractivity contribution in [3.05, 3.63) is 101 Å². The second-order valence-corrected chi connectivity index (χ2v) is 8.36. The maximum absolute atomic E-state index is 12.8. The first-order valence-electron chi connectivity index (χ1n) is 10.7.